The molecule has 0 aliphatic carbocycles. The number of halogens is 1. The summed E-state index contributed by atoms with van der Waals surface area (Å²) in [4.78, 5) is 14.2. The van der Waals surface area contributed by atoms with E-state index in [4.69, 9.17) is 0 Å². The summed E-state index contributed by atoms with van der Waals surface area (Å²) in [5, 5.41) is 3.37. The molecule has 0 spiro atoms. The molecule has 0 aromatic heterocycles. The first-order valence-electron chi connectivity index (χ1n) is 8.16. The van der Waals surface area contributed by atoms with E-state index in [2.05, 4.69) is 36.5 Å². The maximum atomic E-state index is 12.3. The Labute approximate surface area is 140 Å². The van der Waals surface area contributed by atoms with E-state index in [1.165, 1.54) is 18.4 Å². The summed E-state index contributed by atoms with van der Waals surface area (Å²) in [6.45, 7) is 5.21. The zero-order valence-corrected chi connectivity index (χ0v) is 14.6. The minimum absolute atomic E-state index is 0. The van der Waals surface area contributed by atoms with Gasteiger partial charge in [-0.05, 0) is 49.8 Å². The molecule has 1 saturated heterocycles. The molecule has 3 nitrogen and oxygen atoms in total. The van der Waals surface area contributed by atoms with Gasteiger partial charge in [-0.25, -0.2) is 0 Å². The van der Waals surface area contributed by atoms with Crippen LogP contribution in [0, 0.1) is 5.92 Å². The van der Waals surface area contributed by atoms with Gasteiger partial charge in [-0.1, -0.05) is 37.3 Å². The summed E-state index contributed by atoms with van der Waals surface area (Å²) in [7, 11) is 1.93. The highest BCUT2D eigenvalue weighted by Gasteiger charge is 2.17. The van der Waals surface area contributed by atoms with Crippen LogP contribution in [-0.2, 0) is 4.79 Å². The maximum Gasteiger partial charge on any atom is 0.222 e. The van der Waals surface area contributed by atoms with Crippen LogP contribution >= 0.6 is 12.4 Å². The van der Waals surface area contributed by atoms with Crippen LogP contribution < -0.4 is 5.32 Å². The van der Waals surface area contributed by atoms with E-state index in [9.17, 15) is 4.79 Å². The number of hydrogen-bond donors (Lipinski definition) is 1. The summed E-state index contributed by atoms with van der Waals surface area (Å²) < 4.78 is 0. The van der Waals surface area contributed by atoms with E-state index in [1.54, 1.807) is 0 Å². The highest BCUT2D eigenvalue weighted by molar-refractivity contribution is 5.85. The zero-order valence-electron chi connectivity index (χ0n) is 13.8. The predicted octanol–water partition coefficient (Wildman–Crippen LogP) is 3.45. The molecule has 0 saturated carbocycles. The van der Waals surface area contributed by atoms with Crippen LogP contribution in [0.1, 0.15) is 44.1 Å². The standard InChI is InChI=1S/C18H28N2O.ClH/c1-15(17-6-4-3-5-7-17)14-20(2)18(21)9-8-16-10-12-19-13-11-16;/h3-7,15-16,19H,8-14H2,1-2H3;1H. The van der Waals surface area contributed by atoms with Crippen LogP contribution in [0.3, 0.4) is 0 Å². The van der Waals surface area contributed by atoms with Gasteiger partial charge in [-0.3, -0.25) is 4.79 Å². The fourth-order valence-corrected chi connectivity index (χ4v) is 3.09. The SMILES string of the molecule is CC(CN(C)C(=O)CCC1CCNCC1)c1ccccc1.Cl. The summed E-state index contributed by atoms with van der Waals surface area (Å²) in [5.41, 5.74) is 1.30. The second kappa shape index (κ2) is 9.86. The van der Waals surface area contributed by atoms with Gasteiger partial charge < -0.3 is 10.2 Å². The van der Waals surface area contributed by atoms with Gasteiger partial charge in [0.15, 0.2) is 0 Å². The van der Waals surface area contributed by atoms with Crippen LogP contribution in [0.25, 0.3) is 0 Å². The average Bonchev–Trinajstić information content (AvgIpc) is 2.54. The van der Waals surface area contributed by atoms with Crippen molar-refractivity contribution >= 4 is 18.3 Å². The minimum Gasteiger partial charge on any atom is -0.345 e. The first kappa shape index (κ1) is 19.0. The van der Waals surface area contributed by atoms with Crippen LogP contribution in [0.4, 0.5) is 0 Å². The summed E-state index contributed by atoms with van der Waals surface area (Å²) in [6, 6.07) is 10.4. The van der Waals surface area contributed by atoms with Crippen molar-refractivity contribution in [2.75, 3.05) is 26.7 Å². The number of carbonyl (C=O) groups excluding carboxylic acids is 1. The van der Waals surface area contributed by atoms with Gasteiger partial charge in [0.2, 0.25) is 5.91 Å². The Bertz CT molecular complexity index is 432. The molecule has 0 radical (unpaired) electrons. The first-order valence-corrected chi connectivity index (χ1v) is 8.16. The fourth-order valence-electron chi connectivity index (χ4n) is 3.09. The largest absolute Gasteiger partial charge is 0.345 e. The normalized spacial score (nSPS) is 16.6. The molecule has 1 unspecified atom stereocenters. The second-order valence-corrected chi connectivity index (χ2v) is 6.32. The van der Waals surface area contributed by atoms with Gasteiger partial charge >= 0.3 is 0 Å². The van der Waals surface area contributed by atoms with Crippen molar-refractivity contribution in [3.05, 3.63) is 35.9 Å². The lowest BCUT2D eigenvalue weighted by atomic mass is 9.93. The number of piperidine rings is 1. The molecule has 1 aliphatic heterocycles. The zero-order chi connectivity index (χ0) is 15.1. The number of amides is 1. The quantitative estimate of drug-likeness (QED) is 0.869. The molecule has 1 aromatic rings. The number of carbonyl (C=O) groups is 1. The fraction of sp³-hybridized carbons (Fsp3) is 0.611. The van der Waals surface area contributed by atoms with Crippen molar-refractivity contribution in [3.63, 3.8) is 0 Å². The Morgan fingerprint density at radius 3 is 2.55 bits per heavy atom. The van der Waals surface area contributed by atoms with Crippen LogP contribution in [0.15, 0.2) is 30.3 Å². The van der Waals surface area contributed by atoms with Crippen molar-refractivity contribution in [3.8, 4) is 0 Å². The second-order valence-electron chi connectivity index (χ2n) is 6.32. The van der Waals surface area contributed by atoms with E-state index < -0.39 is 0 Å². The van der Waals surface area contributed by atoms with Gasteiger partial charge in [-0.15, -0.1) is 12.4 Å². The third-order valence-corrected chi connectivity index (χ3v) is 4.57. The Hall–Kier alpha value is -1.06. The van der Waals surface area contributed by atoms with Crippen molar-refractivity contribution < 1.29 is 4.79 Å². The highest BCUT2D eigenvalue weighted by atomic mass is 35.5. The van der Waals surface area contributed by atoms with Crippen molar-refractivity contribution in [2.24, 2.45) is 5.92 Å². The van der Waals surface area contributed by atoms with E-state index in [1.807, 2.05) is 18.0 Å². The molecule has 1 heterocycles. The molecular formula is C18H29ClN2O. The molecule has 1 aliphatic rings. The summed E-state index contributed by atoms with van der Waals surface area (Å²) >= 11 is 0. The van der Waals surface area contributed by atoms with Crippen molar-refractivity contribution in [1.29, 1.82) is 0 Å². The average molecular weight is 325 g/mol. The third kappa shape index (κ3) is 5.98. The number of nitrogens with one attached hydrogen (secondary N) is 1. The van der Waals surface area contributed by atoms with Crippen molar-refractivity contribution in [2.45, 2.75) is 38.5 Å². The van der Waals surface area contributed by atoms with E-state index >= 15 is 0 Å². The number of benzene rings is 1. The molecule has 1 fully saturated rings. The van der Waals surface area contributed by atoms with E-state index in [0.29, 0.717) is 12.3 Å². The van der Waals surface area contributed by atoms with Gasteiger partial charge in [0.1, 0.15) is 0 Å². The Morgan fingerprint density at radius 1 is 1.27 bits per heavy atom. The minimum atomic E-state index is 0. The highest BCUT2D eigenvalue weighted by Crippen LogP contribution is 2.19. The lowest BCUT2D eigenvalue weighted by molar-refractivity contribution is -0.130. The molecule has 0 bridgehead atoms. The molecule has 2 rings (SSSR count). The van der Waals surface area contributed by atoms with Crippen LogP contribution in [0.2, 0.25) is 0 Å². The van der Waals surface area contributed by atoms with Gasteiger partial charge in [0.05, 0.1) is 0 Å². The Balaban J connectivity index is 0.00000242. The topological polar surface area (TPSA) is 32.3 Å². The monoisotopic (exact) mass is 324 g/mol. The molecule has 1 amide bonds. The third-order valence-electron chi connectivity index (χ3n) is 4.57. The molecule has 1 atom stereocenters. The molecule has 22 heavy (non-hydrogen) atoms. The molecular weight excluding hydrogens is 296 g/mol. The molecule has 1 aromatic carbocycles. The first-order chi connectivity index (χ1) is 10.2. The van der Waals surface area contributed by atoms with Gasteiger partial charge in [0, 0.05) is 20.0 Å². The van der Waals surface area contributed by atoms with Crippen LogP contribution in [0.5, 0.6) is 0 Å². The molecule has 1 N–H and O–H groups in total. The lowest BCUT2D eigenvalue weighted by Gasteiger charge is -2.25. The lowest BCUT2D eigenvalue weighted by Crippen LogP contribution is -2.32. The van der Waals surface area contributed by atoms with Crippen LogP contribution in [-0.4, -0.2) is 37.5 Å². The van der Waals surface area contributed by atoms with Gasteiger partial charge in [-0.2, -0.15) is 0 Å². The molecule has 4 heteroatoms. The maximum absolute atomic E-state index is 12.3. The number of likely N-dealkylation sites (N-methyl/N-ethyl adjacent to an activating group) is 1. The van der Waals surface area contributed by atoms with E-state index in [-0.39, 0.29) is 18.3 Å². The number of nitrogens with zero attached hydrogens (tertiary/aromatic N) is 1. The van der Waals surface area contributed by atoms with Crippen molar-refractivity contribution in [1.82, 2.24) is 10.2 Å². The number of hydrogen-bond acceptors (Lipinski definition) is 2. The summed E-state index contributed by atoms with van der Waals surface area (Å²) in [6.07, 6.45) is 4.18. The molecule has 124 valence electrons. The Morgan fingerprint density at radius 2 is 1.91 bits per heavy atom. The van der Waals surface area contributed by atoms with Gasteiger partial charge in [0.25, 0.3) is 0 Å². The Kier molecular flexibility index (Phi) is 8.51. The number of rotatable bonds is 6. The predicted molar refractivity (Wildman–Crippen MR) is 94.6 cm³/mol. The smallest absolute Gasteiger partial charge is 0.222 e. The van der Waals surface area contributed by atoms with E-state index in [0.717, 1.165) is 32.0 Å². The summed E-state index contributed by atoms with van der Waals surface area (Å²) in [5.74, 6) is 1.41.